The fourth-order valence-corrected chi connectivity index (χ4v) is 3.17. The number of likely N-dealkylation sites (tertiary alicyclic amines) is 1. The molecule has 20 heavy (non-hydrogen) atoms. The van der Waals surface area contributed by atoms with Gasteiger partial charge in [-0.2, -0.15) is 0 Å². The highest BCUT2D eigenvalue weighted by molar-refractivity contribution is 5.78. The van der Waals surface area contributed by atoms with Crippen molar-refractivity contribution in [1.82, 2.24) is 9.88 Å². The summed E-state index contributed by atoms with van der Waals surface area (Å²) in [6.07, 6.45) is 3.07. The third kappa shape index (κ3) is 3.00. The van der Waals surface area contributed by atoms with E-state index in [9.17, 15) is 5.11 Å². The molecule has 3 heteroatoms. The number of nitrogens with zero attached hydrogens (tertiary/aromatic N) is 2. The number of rotatable bonds is 4. The lowest BCUT2D eigenvalue weighted by molar-refractivity contribution is 0.130. The van der Waals surface area contributed by atoms with Crippen LogP contribution in [0.15, 0.2) is 36.4 Å². The lowest BCUT2D eigenvalue weighted by atomic mass is 10.1. The first-order valence-electron chi connectivity index (χ1n) is 7.49. The average Bonchev–Trinajstić information content (AvgIpc) is 2.85. The van der Waals surface area contributed by atoms with Crippen LogP contribution in [0.4, 0.5) is 0 Å². The first kappa shape index (κ1) is 13.5. The maximum absolute atomic E-state index is 9.60. The van der Waals surface area contributed by atoms with Gasteiger partial charge in [-0.15, -0.1) is 0 Å². The molecule has 2 unspecified atom stereocenters. The molecule has 0 bridgehead atoms. The minimum Gasteiger partial charge on any atom is -0.393 e. The van der Waals surface area contributed by atoms with Crippen molar-refractivity contribution in [3.05, 3.63) is 42.1 Å². The number of aliphatic hydroxyl groups is 1. The summed E-state index contributed by atoms with van der Waals surface area (Å²) in [5.74, 6) is 0. The molecule has 3 nitrogen and oxygen atoms in total. The average molecular weight is 270 g/mol. The summed E-state index contributed by atoms with van der Waals surface area (Å²) in [5.41, 5.74) is 2.19. The summed E-state index contributed by atoms with van der Waals surface area (Å²) in [7, 11) is 0. The Labute approximate surface area is 120 Å². The quantitative estimate of drug-likeness (QED) is 0.928. The molecule has 1 aliphatic heterocycles. The molecule has 1 N–H and O–H groups in total. The molecule has 2 aromatic rings. The SMILES string of the molecule is CC(O)CC1CCCN1Cc1ccc2ccccc2n1. The second-order valence-corrected chi connectivity index (χ2v) is 5.85. The summed E-state index contributed by atoms with van der Waals surface area (Å²) >= 11 is 0. The number of fused-ring (bicyclic) bond motifs is 1. The van der Waals surface area contributed by atoms with Crippen LogP contribution in [0.3, 0.4) is 0 Å². The fraction of sp³-hybridized carbons (Fsp3) is 0.471. The normalized spacial score (nSPS) is 21.4. The Morgan fingerprint density at radius 2 is 2.15 bits per heavy atom. The lowest BCUT2D eigenvalue weighted by Gasteiger charge is -2.25. The van der Waals surface area contributed by atoms with Gasteiger partial charge in [0.2, 0.25) is 0 Å². The van der Waals surface area contributed by atoms with Crippen LogP contribution in [0.5, 0.6) is 0 Å². The number of aromatic nitrogens is 1. The highest BCUT2D eigenvalue weighted by Crippen LogP contribution is 2.23. The van der Waals surface area contributed by atoms with Crippen LogP contribution in [0.2, 0.25) is 0 Å². The summed E-state index contributed by atoms with van der Waals surface area (Å²) in [6, 6.07) is 13.0. The van der Waals surface area contributed by atoms with Crippen LogP contribution >= 0.6 is 0 Å². The van der Waals surface area contributed by atoms with Crippen LogP contribution < -0.4 is 0 Å². The summed E-state index contributed by atoms with van der Waals surface area (Å²) < 4.78 is 0. The number of hydrogen-bond acceptors (Lipinski definition) is 3. The number of hydrogen-bond donors (Lipinski definition) is 1. The van der Waals surface area contributed by atoms with Crippen LogP contribution in [-0.2, 0) is 6.54 Å². The molecular weight excluding hydrogens is 248 g/mol. The van der Waals surface area contributed by atoms with Gasteiger partial charge in [-0.1, -0.05) is 24.3 Å². The third-order valence-electron chi connectivity index (χ3n) is 4.13. The van der Waals surface area contributed by atoms with Crippen LogP contribution in [-0.4, -0.2) is 33.7 Å². The van der Waals surface area contributed by atoms with E-state index < -0.39 is 0 Å². The van der Waals surface area contributed by atoms with Gasteiger partial charge in [-0.3, -0.25) is 9.88 Å². The number of para-hydroxylation sites is 1. The number of benzene rings is 1. The van der Waals surface area contributed by atoms with E-state index in [2.05, 4.69) is 29.2 Å². The van der Waals surface area contributed by atoms with E-state index in [0.717, 1.165) is 30.7 Å². The largest absolute Gasteiger partial charge is 0.393 e. The summed E-state index contributed by atoms with van der Waals surface area (Å²) in [5, 5.41) is 10.8. The minimum absolute atomic E-state index is 0.217. The molecule has 0 saturated carbocycles. The van der Waals surface area contributed by atoms with Crippen LogP contribution in [0.1, 0.15) is 31.9 Å². The molecule has 1 aromatic heterocycles. The zero-order chi connectivity index (χ0) is 13.9. The topological polar surface area (TPSA) is 36.4 Å². The monoisotopic (exact) mass is 270 g/mol. The standard InChI is InChI=1S/C17H22N2O/c1-13(20)11-16-6-4-10-19(16)12-15-9-8-14-5-2-3-7-17(14)18-15/h2-3,5,7-9,13,16,20H,4,6,10-12H2,1H3. The Morgan fingerprint density at radius 1 is 1.30 bits per heavy atom. The van der Waals surface area contributed by atoms with Gasteiger partial charge in [0.05, 0.1) is 17.3 Å². The highest BCUT2D eigenvalue weighted by Gasteiger charge is 2.25. The number of aliphatic hydroxyl groups excluding tert-OH is 1. The van der Waals surface area contributed by atoms with Crippen molar-refractivity contribution in [2.24, 2.45) is 0 Å². The van der Waals surface area contributed by atoms with Crippen molar-refractivity contribution in [1.29, 1.82) is 0 Å². The fourth-order valence-electron chi connectivity index (χ4n) is 3.17. The molecule has 1 aliphatic rings. The van der Waals surface area contributed by atoms with Gasteiger partial charge in [0.15, 0.2) is 0 Å². The second-order valence-electron chi connectivity index (χ2n) is 5.85. The van der Waals surface area contributed by atoms with Gasteiger partial charge < -0.3 is 5.11 Å². The van der Waals surface area contributed by atoms with E-state index in [4.69, 9.17) is 4.98 Å². The van der Waals surface area contributed by atoms with Gasteiger partial charge in [0, 0.05) is 18.0 Å². The highest BCUT2D eigenvalue weighted by atomic mass is 16.3. The van der Waals surface area contributed by atoms with E-state index in [1.54, 1.807) is 0 Å². The minimum atomic E-state index is -0.217. The zero-order valence-corrected chi connectivity index (χ0v) is 12.0. The molecule has 3 rings (SSSR count). The van der Waals surface area contributed by atoms with E-state index in [0.29, 0.717) is 6.04 Å². The molecule has 1 saturated heterocycles. The van der Waals surface area contributed by atoms with Crippen molar-refractivity contribution in [2.45, 2.75) is 44.9 Å². The molecule has 106 valence electrons. The molecule has 0 aliphatic carbocycles. The first-order chi connectivity index (χ1) is 9.72. The van der Waals surface area contributed by atoms with E-state index in [1.807, 2.05) is 19.1 Å². The second kappa shape index (κ2) is 5.90. The van der Waals surface area contributed by atoms with Gasteiger partial charge in [0.25, 0.3) is 0 Å². The smallest absolute Gasteiger partial charge is 0.0705 e. The third-order valence-corrected chi connectivity index (χ3v) is 4.13. The van der Waals surface area contributed by atoms with Gasteiger partial charge in [0.1, 0.15) is 0 Å². The van der Waals surface area contributed by atoms with Crippen LogP contribution in [0, 0.1) is 0 Å². The van der Waals surface area contributed by atoms with E-state index >= 15 is 0 Å². The summed E-state index contributed by atoms with van der Waals surface area (Å²) in [6.45, 7) is 3.89. The molecule has 0 spiro atoms. The lowest BCUT2D eigenvalue weighted by Crippen LogP contribution is -2.31. The maximum atomic E-state index is 9.60. The molecule has 0 amide bonds. The van der Waals surface area contributed by atoms with Crippen molar-refractivity contribution >= 4 is 10.9 Å². The molecule has 1 fully saturated rings. The summed E-state index contributed by atoms with van der Waals surface area (Å²) in [4.78, 5) is 7.21. The molecule has 1 aromatic carbocycles. The van der Waals surface area contributed by atoms with E-state index in [1.165, 1.54) is 18.2 Å². The van der Waals surface area contributed by atoms with Gasteiger partial charge in [-0.05, 0) is 44.9 Å². The van der Waals surface area contributed by atoms with Crippen molar-refractivity contribution in [3.8, 4) is 0 Å². The zero-order valence-electron chi connectivity index (χ0n) is 12.0. The van der Waals surface area contributed by atoms with E-state index in [-0.39, 0.29) is 6.10 Å². The Balaban J connectivity index is 1.75. The van der Waals surface area contributed by atoms with Crippen LogP contribution in [0.25, 0.3) is 10.9 Å². The predicted octanol–water partition coefficient (Wildman–Crippen LogP) is 2.97. The molecule has 2 atom stereocenters. The van der Waals surface area contributed by atoms with Crippen molar-refractivity contribution in [2.75, 3.05) is 6.54 Å². The Hall–Kier alpha value is -1.45. The van der Waals surface area contributed by atoms with Gasteiger partial charge >= 0.3 is 0 Å². The number of pyridine rings is 1. The van der Waals surface area contributed by atoms with Crippen molar-refractivity contribution < 1.29 is 5.11 Å². The Bertz CT molecular complexity index is 582. The first-order valence-corrected chi connectivity index (χ1v) is 7.49. The maximum Gasteiger partial charge on any atom is 0.0705 e. The molecule has 2 heterocycles. The predicted molar refractivity (Wildman–Crippen MR) is 81.5 cm³/mol. The molecule has 0 radical (unpaired) electrons. The molecular formula is C17H22N2O. The van der Waals surface area contributed by atoms with Crippen molar-refractivity contribution in [3.63, 3.8) is 0 Å². The Morgan fingerprint density at radius 3 is 3.00 bits per heavy atom. The van der Waals surface area contributed by atoms with Gasteiger partial charge in [-0.25, -0.2) is 0 Å². The Kier molecular flexibility index (Phi) is 3.99.